The van der Waals surface area contributed by atoms with Crippen molar-refractivity contribution in [2.75, 3.05) is 7.11 Å². The van der Waals surface area contributed by atoms with Gasteiger partial charge in [0.2, 0.25) is 0 Å². The number of esters is 1. The maximum atomic E-state index is 11.5. The van der Waals surface area contributed by atoms with Crippen LogP contribution >= 0.6 is 0 Å². The Kier molecular flexibility index (Phi) is 4.74. The Labute approximate surface area is 153 Å². The second-order valence-electron chi connectivity index (χ2n) is 7.15. The van der Waals surface area contributed by atoms with Gasteiger partial charge in [-0.25, -0.2) is 9.78 Å². The van der Waals surface area contributed by atoms with Gasteiger partial charge >= 0.3 is 5.97 Å². The molecule has 0 bridgehead atoms. The van der Waals surface area contributed by atoms with Gasteiger partial charge in [0.15, 0.2) is 0 Å². The molecule has 2 aromatic heterocycles. The second kappa shape index (κ2) is 7.32. The summed E-state index contributed by atoms with van der Waals surface area (Å²) in [5.41, 5.74) is 4.11. The third kappa shape index (κ3) is 3.36. The van der Waals surface area contributed by atoms with Crippen molar-refractivity contribution >= 4 is 17.0 Å². The van der Waals surface area contributed by atoms with Crippen molar-refractivity contribution in [3.8, 4) is 0 Å². The lowest BCUT2D eigenvalue weighted by atomic mass is 9.84. The standard InChI is InChI=1S/C22H24N2O2/c1-26-22(25)18-9-7-16(8-10-18)15-24-12-11-19-13-20(14-23-21(19)24)17-5-3-2-4-6-17/h7-14,17H,2-6,15H2,1H3. The number of carbonyl (C=O) groups excluding carboxylic acids is 1. The molecule has 0 amide bonds. The van der Waals surface area contributed by atoms with Gasteiger partial charge in [0.1, 0.15) is 5.65 Å². The van der Waals surface area contributed by atoms with Crippen molar-refractivity contribution in [3.63, 3.8) is 0 Å². The number of nitrogens with zero attached hydrogens (tertiary/aromatic N) is 2. The molecule has 26 heavy (non-hydrogen) atoms. The smallest absolute Gasteiger partial charge is 0.337 e. The van der Waals surface area contributed by atoms with Crippen LogP contribution < -0.4 is 0 Å². The summed E-state index contributed by atoms with van der Waals surface area (Å²) < 4.78 is 6.91. The summed E-state index contributed by atoms with van der Waals surface area (Å²) in [6.45, 7) is 0.737. The number of rotatable bonds is 4. The molecule has 3 aromatic rings. The lowest BCUT2D eigenvalue weighted by Gasteiger charge is -2.21. The average molecular weight is 348 g/mol. The normalized spacial score (nSPS) is 15.3. The molecule has 4 nitrogen and oxygen atoms in total. The minimum absolute atomic E-state index is 0.306. The molecule has 0 radical (unpaired) electrons. The van der Waals surface area contributed by atoms with Crippen LogP contribution in [-0.4, -0.2) is 22.6 Å². The van der Waals surface area contributed by atoms with Crippen LogP contribution in [0, 0.1) is 0 Å². The fraction of sp³-hybridized carbons (Fsp3) is 0.364. The summed E-state index contributed by atoms with van der Waals surface area (Å²) in [5, 5.41) is 1.21. The Morgan fingerprint density at radius 1 is 1.15 bits per heavy atom. The van der Waals surface area contributed by atoms with E-state index >= 15 is 0 Å². The predicted molar refractivity (Wildman–Crippen MR) is 102 cm³/mol. The van der Waals surface area contributed by atoms with Gasteiger partial charge in [-0.1, -0.05) is 31.4 Å². The van der Waals surface area contributed by atoms with Crippen LogP contribution in [0.25, 0.3) is 11.0 Å². The van der Waals surface area contributed by atoms with Gasteiger partial charge < -0.3 is 9.30 Å². The minimum atomic E-state index is -0.306. The molecule has 1 fully saturated rings. The predicted octanol–water partition coefficient (Wildman–Crippen LogP) is 4.92. The topological polar surface area (TPSA) is 44.1 Å². The number of benzene rings is 1. The van der Waals surface area contributed by atoms with E-state index in [1.165, 1.54) is 50.2 Å². The van der Waals surface area contributed by atoms with Crippen LogP contribution in [0.1, 0.15) is 59.5 Å². The molecule has 1 aliphatic carbocycles. The molecule has 0 atom stereocenters. The third-order valence-electron chi connectivity index (χ3n) is 5.43. The number of hydrogen-bond donors (Lipinski definition) is 0. The molecule has 0 unspecified atom stereocenters. The monoisotopic (exact) mass is 348 g/mol. The first-order valence-electron chi connectivity index (χ1n) is 9.36. The van der Waals surface area contributed by atoms with Gasteiger partial charge in [0, 0.05) is 24.3 Å². The van der Waals surface area contributed by atoms with Crippen LogP contribution in [0.15, 0.2) is 48.8 Å². The highest BCUT2D eigenvalue weighted by Gasteiger charge is 2.16. The Morgan fingerprint density at radius 3 is 2.65 bits per heavy atom. The first kappa shape index (κ1) is 16.8. The average Bonchev–Trinajstić information content (AvgIpc) is 3.10. The van der Waals surface area contributed by atoms with E-state index < -0.39 is 0 Å². The number of aromatic nitrogens is 2. The van der Waals surface area contributed by atoms with Gasteiger partial charge in [-0.2, -0.15) is 0 Å². The summed E-state index contributed by atoms with van der Waals surface area (Å²) in [4.78, 5) is 16.3. The van der Waals surface area contributed by atoms with Crippen LogP contribution in [0.5, 0.6) is 0 Å². The Hall–Kier alpha value is -2.62. The van der Waals surface area contributed by atoms with E-state index in [-0.39, 0.29) is 5.97 Å². The van der Waals surface area contributed by atoms with Crippen molar-refractivity contribution in [1.82, 2.24) is 9.55 Å². The van der Waals surface area contributed by atoms with Gasteiger partial charge in [-0.15, -0.1) is 0 Å². The van der Waals surface area contributed by atoms with Crippen molar-refractivity contribution in [2.24, 2.45) is 0 Å². The van der Waals surface area contributed by atoms with E-state index in [4.69, 9.17) is 9.72 Å². The molecule has 134 valence electrons. The molecule has 0 N–H and O–H groups in total. The largest absolute Gasteiger partial charge is 0.465 e. The van der Waals surface area contributed by atoms with Crippen LogP contribution in [0.2, 0.25) is 0 Å². The highest BCUT2D eigenvalue weighted by molar-refractivity contribution is 5.89. The van der Waals surface area contributed by atoms with Crippen molar-refractivity contribution < 1.29 is 9.53 Å². The lowest BCUT2D eigenvalue weighted by molar-refractivity contribution is 0.0600. The number of fused-ring (bicyclic) bond motifs is 1. The molecule has 4 heteroatoms. The van der Waals surface area contributed by atoms with Gasteiger partial charge in [-0.3, -0.25) is 0 Å². The zero-order chi connectivity index (χ0) is 17.9. The Morgan fingerprint density at radius 2 is 1.92 bits per heavy atom. The fourth-order valence-corrected chi connectivity index (χ4v) is 3.94. The lowest BCUT2D eigenvalue weighted by Crippen LogP contribution is -2.05. The summed E-state index contributed by atoms with van der Waals surface area (Å²) in [7, 11) is 1.40. The maximum Gasteiger partial charge on any atom is 0.337 e. The Bertz CT molecular complexity index is 906. The zero-order valence-electron chi connectivity index (χ0n) is 15.1. The van der Waals surface area contributed by atoms with Crippen molar-refractivity contribution in [1.29, 1.82) is 0 Å². The maximum absolute atomic E-state index is 11.5. The molecule has 0 aliphatic heterocycles. The summed E-state index contributed by atoms with van der Waals surface area (Å²) in [6.07, 6.45) is 10.8. The Balaban J connectivity index is 1.54. The van der Waals surface area contributed by atoms with Gasteiger partial charge in [-0.05, 0) is 54.2 Å². The van der Waals surface area contributed by atoms with E-state index in [2.05, 4.69) is 29.1 Å². The number of hydrogen-bond acceptors (Lipinski definition) is 3. The molecular weight excluding hydrogens is 324 g/mol. The molecule has 2 heterocycles. The first-order chi connectivity index (χ1) is 12.7. The van der Waals surface area contributed by atoms with E-state index in [1.807, 2.05) is 24.3 Å². The zero-order valence-corrected chi connectivity index (χ0v) is 15.1. The molecule has 0 saturated heterocycles. The highest BCUT2D eigenvalue weighted by atomic mass is 16.5. The quantitative estimate of drug-likeness (QED) is 0.629. The van der Waals surface area contributed by atoms with E-state index in [1.54, 1.807) is 0 Å². The third-order valence-corrected chi connectivity index (χ3v) is 5.43. The van der Waals surface area contributed by atoms with Crippen LogP contribution in [0.4, 0.5) is 0 Å². The molecule has 4 rings (SSSR count). The SMILES string of the molecule is COC(=O)c1ccc(Cn2ccc3cc(C4CCCCC4)cnc32)cc1. The number of methoxy groups -OCH3 is 1. The van der Waals surface area contributed by atoms with Crippen LogP contribution in [0.3, 0.4) is 0 Å². The molecular formula is C22H24N2O2. The van der Waals surface area contributed by atoms with Gasteiger partial charge in [0.25, 0.3) is 0 Å². The van der Waals surface area contributed by atoms with E-state index in [0.717, 1.165) is 17.8 Å². The van der Waals surface area contributed by atoms with E-state index in [9.17, 15) is 4.79 Å². The van der Waals surface area contributed by atoms with Crippen molar-refractivity contribution in [2.45, 2.75) is 44.6 Å². The molecule has 1 aromatic carbocycles. The summed E-state index contributed by atoms with van der Waals surface area (Å²) in [5.74, 6) is 0.370. The van der Waals surface area contributed by atoms with Crippen LogP contribution in [-0.2, 0) is 11.3 Å². The second-order valence-corrected chi connectivity index (χ2v) is 7.15. The number of ether oxygens (including phenoxy) is 1. The van der Waals surface area contributed by atoms with Gasteiger partial charge in [0.05, 0.1) is 12.7 Å². The molecule has 1 saturated carbocycles. The summed E-state index contributed by atoms with van der Waals surface area (Å²) in [6, 6.07) is 12.0. The number of pyridine rings is 1. The molecule has 0 spiro atoms. The first-order valence-corrected chi connectivity index (χ1v) is 9.36. The minimum Gasteiger partial charge on any atom is -0.465 e. The number of carbonyl (C=O) groups is 1. The molecule has 1 aliphatic rings. The fourth-order valence-electron chi connectivity index (χ4n) is 3.94. The van der Waals surface area contributed by atoms with Crippen molar-refractivity contribution in [3.05, 3.63) is 65.5 Å². The van der Waals surface area contributed by atoms with E-state index in [0.29, 0.717) is 11.5 Å². The summed E-state index contributed by atoms with van der Waals surface area (Å²) >= 11 is 0. The highest BCUT2D eigenvalue weighted by Crippen LogP contribution is 2.33.